The van der Waals surface area contributed by atoms with Gasteiger partial charge in [0.25, 0.3) is 0 Å². The first kappa shape index (κ1) is 21.2. The first-order chi connectivity index (χ1) is 13.1. The molecule has 2 rings (SSSR count). The molecule has 0 aliphatic carbocycles. The first-order valence-electron chi connectivity index (χ1n) is 8.84. The van der Waals surface area contributed by atoms with E-state index in [2.05, 4.69) is 0 Å². The second-order valence-electron chi connectivity index (χ2n) is 5.56. The molecule has 2 aromatic carbocycles. The molecule has 0 unspecified atom stereocenters. The van der Waals surface area contributed by atoms with Crippen LogP contribution in [0.25, 0.3) is 11.1 Å². The Morgan fingerprint density at radius 3 is 1.96 bits per heavy atom. The van der Waals surface area contributed by atoms with Gasteiger partial charge in [-0.2, -0.15) is 0 Å². The van der Waals surface area contributed by atoms with E-state index >= 15 is 0 Å². The van der Waals surface area contributed by atoms with Crippen LogP contribution < -0.4 is 19.4 Å². The fourth-order valence-corrected chi connectivity index (χ4v) is 5.22. The zero-order valence-corrected chi connectivity index (χ0v) is 17.8. The van der Waals surface area contributed by atoms with Gasteiger partial charge in [0.1, 0.15) is 5.75 Å². The minimum absolute atomic E-state index is 0.439. The van der Waals surface area contributed by atoms with Gasteiger partial charge in [0.15, 0.2) is 11.5 Å². The average Bonchev–Trinajstić information content (AvgIpc) is 2.72. The molecule has 0 atom stereocenters. The minimum atomic E-state index is -3.21. The van der Waals surface area contributed by atoms with Crippen LogP contribution in [0.3, 0.4) is 0 Å². The van der Waals surface area contributed by atoms with Crippen molar-refractivity contribution in [1.29, 1.82) is 0 Å². The lowest BCUT2D eigenvalue weighted by Crippen LogP contribution is -2.56. The molecule has 0 heterocycles. The molecule has 7 heteroatoms. The van der Waals surface area contributed by atoms with Gasteiger partial charge in [0, 0.05) is 20.8 Å². The van der Waals surface area contributed by atoms with E-state index in [9.17, 15) is 0 Å². The molecular weight excluding hydrogens is 364 g/mol. The van der Waals surface area contributed by atoms with E-state index in [-0.39, 0.29) is 0 Å². The van der Waals surface area contributed by atoms with E-state index in [1.165, 1.54) is 0 Å². The molecule has 0 aliphatic heterocycles. The molecule has 0 fully saturated rings. The van der Waals surface area contributed by atoms with Crippen molar-refractivity contribution in [3.63, 3.8) is 0 Å². The van der Waals surface area contributed by atoms with E-state index in [0.29, 0.717) is 35.6 Å². The zero-order chi connectivity index (χ0) is 19.9. The number of ether oxygens (including phenoxy) is 3. The maximum Gasteiger partial charge on any atom is 0.540 e. The SMILES string of the molecule is CCOc1c([Si](OC)(OC)OCC)cc(OC)c(OC)c1-c1ccccc1. The van der Waals surface area contributed by atoms with Crippen molar-refractivity contribution < 1.29 is 27.5 Å². The lowest BCUT2D eigenvalue weighted by molar-refractivity contribution is 0.119. The van der Waals surface area contributed by atoms with Gasteiger partial charge in [0.05, 0.1) is 31.6 Å². The third kappa shape index (κ3) is 4.11. The third-order valence-corrected chi connectivity index (χ3v) is 6.95. The monoisotopic (exact) mass is 392 g/mol. The summed E-state index contributed by atoms with van der Waals surface area (Å²) in [5.41, 5.74) is 1.71. The third-order valence-electron chi connectivity index (χ3n) is 4.17. The molecule has 0 radical (unpaired) electrons. The summed E-state index contributed by atoms with van der Waals surface area (Å²) < 4.78 is 34.9. The van der Waals surface area contributed by atoms with Crippen LogP contribution in [-0.2, 0) is 13.3 Å². The maximum absolute atomic E-state index is 6.08. The molecule has 0 spiro atoms. The van der Waals surface area contributed by atoms with Crippen molar-refractivity contribution in [3.05, 3.63) is 36.4 Å². The topological polar surface area (TPSA) is 55.4 Å². The van der Waals surface area contributed by atoms with E-state index < -0.39 is 8.80 Å². The van der Waals surface area contributed by atoms with Crippen molar-refractivity contribution in [3.8, 4) is 28.4 Å². The molecule has 0 saturated carbocycles. The molecule has 0 saturated heterocycles. The Labute approximate surface area is 162 Å². The van der Waals surface area contributed by atoms with Crippen molar-refractivity contribution in [2.45, 2.75) is 13.8 Å². The summed E-state index contributed by atoms with van der Waals surface area (Å²) in [7, 11) is 3.17. The Bertz CT molecular complexity index is 731. The standard InChI is InChI=1S/C20H28O6Si/c1-7-25-20-17(27(23-5,24-6)26-8-2)14-16(21-3)19(22-4)18(20)15-12-10-9-11-13-15/h9-14H,7-8H2,1-6H3. The van der Waals surface area contributed by atoms with E-state index in [4.69, 9.17) is 27.5 Å². The van der Waals surface area contributed by atoms with E-state index in [1.54, 1.807) is 28.4 Å². The van der Waals surface area contributed by atoms with Crippen LogP contribution >= 0.6 is 0 Å². The average molecular weight is 393 g/mol. The lowest BCUT2D eigenvalue weighted by atomic mass is 10.0. The highest BCUT2D eigenvalue weighted by atomic mass is 28.4. The van der Waals surface area contributed by atoms with Gasteiger partial charge < -0.3 is 27.5 Å². The highest BCUT2D eigenvalue weighted by Crippen LogP contribution is 2.44. The second-order valence-corrected chi connectivity index (χ2v) is 8.32. The Morgan fingerprint density at radius 2 is 1.48 bits per heavy atom. The molecule has 0 N–H and O–H groups in total. The number of hydrogen-bond acceptors (Lipinski definition) is 6. The summed E-state index contributed by atoms with van der Waals surface area (Å²) in [5.74, 6) is 1.76. The van der Waals surface area contributed by atoms with Gasteiger partial charge >= 0.3 is 8.80 Å². The summed E-state index contributed by atoms with van der Waals surface area (Å²) in [6.45, 7) is 4.73. The van der Waals surface area contributed by atoms with Crippen molar-refractivity contribution in [1.82, 2.24) is 0 Å². The van der Waals surface area contributed by atoms with Crippen molar-refractivity contribution >= 4 is 14.0 Å². The minimum Gasteiger partial charge on any atom is -0.493 e. The van der Waals surface area contributed by atoms with Crippen LogP contribution in [0.2, 0.25) is 0 Å². The highest BCUT2D eigenvalue weighted by Gasteiger charge is 2.46. The molecule has 0 amide bonds. The smallest absolute Gasteiger partial charge is 0.493 e. The van der Waals surface area contributed by atoms with Crippen LogP contribution in [0.5, 0.6) is 17.2 Å². The summed E-state index contributed by atoms with van der Waals surface area (Å²) in [6, 6.07) is 11.7. The molecule has 0 aliphatic rings. The van der Waals surface area contributed by atoms with Gasteiger partial charge in [-0.05, 0) is 25.5 Å². The van der Waals surface area contributed by atoms with Crippen LogP contribution in [0.15, 0.2) is 36.4 Å². The van der Waals surface area contributed by atoms with Crippen LogP contribution in [0, 0.1) is 0 Å². The number of rotatable bonds is 10. The molecule has 6 nitrogen and oxygen atoms in total. The Balaban J connectivity index is 2.92. The summed E-state index contributed by atoms with van der Waals surface area (Å²) in [4.78, 5) is 0. The van der Waals surface area contributed by atoms with Crippen molar-refractivity contribution in [2.24, 2.45) is 0 Å². The number of hydrogen-bond donors (Lipinski definition) is 0. The lowest BCUT2D eigenvalue weighted by Gasteiger charge is -2.30. The second kappa shape index (κ2) is 9.75. The number of methoxy groups -OCH3 is 2. The quantitative estimate of drug-likeness (QED) is 0.579. The first-order valence-corrected chi connectivity index (χ1v) is 10.6. The van der Waals surface area contributed by atoms with Gasteiger partial charge in [-0.15, -0.1) is 0 Å². The predicted molar refractivity (Wildman–Crippen MR) is 107 cm³/mol. The fraction of sp³-hybridized carbons (Fsp3) is 0.400. The summed E-state index contributed by atoms with van der Waals surface area (Å²) in [6.07, 6.45) is 0. The highest BCUT2D eigenvalue weighted by molar-refractivity contribution is 6.76. The molecule has 27 heavy (non-hydrogen) atoms. The van der Waals surface area contributed by atoms with Crippen LogP contribution in [0.4, 0.5) is 0 Å². The van der Waals surface area contributed by atoms with Crippen LogP contribution in [0.1, 0.15) is 13.8 Å². The molecule has 0 aromatic heterocycles. The van der Waals surface area contributed by atoms with Gasteiger partial charge in [0.2, 0.25) is 0 Å². The molecule has 2 aromatic rings. The largest absolute Gasteiger partial charge is 0.540 e. The van der Waals surface area contributed by atoms with Gasteiger partial charge in [-0.25, -0.2) is 0 Å². The van der Waals surface area contributed by atoms with Gasteiger partial charge in [-0.1, -0.05) is 30.3 Å². The summed E-state index contributed by atoms with van der Waals surface area (Å²) in [5, 5.41) is 0.702. The van der Waals surface area contributed by atoms with E-state index in [0.717, 1.165) is 11.1 Å². The molecular formula is C20H28O6Si. The Morgan fingerprint density at radius 1 is 0.815 bits per heavy atom. The normalized spacial score (nSPS) is 11.3. The summed E-state index contributed by atoms with van der Waals surface area (Å²) >= 11 is 0. The number of benzene rings is 2. The van der Waals surface area contributed by atoms with Crippen molar-refractivity contribution in [2.75, 3.05) is 41.7 Å². The Hall–Kier alpha value is -2.06. The van der Waals surface area contributed by atoms with E-state index in [1.807, 2.05) is 50.2 Å². The van der Waals surface area contributed by atoms with Gasteiger partial charge in [-0.3, -0.25) is 0 Å². The predicted octanol–water partition coefficient (Wildman–Crippen LogP) is 3.24. The maximum atomic E-state index is 6.08. The molecule has 0 bridgehead atoms. The Kier molecular flexibility index (Phi) is 7.67. The fourth-order valence-electron chi connectivity index (χ4n) is 3.06. The zero-order valence-electron chi connectivity index (χ0n) is 16.8. The molecule has 148 valence electrons. The van der Waals surface area contributed by atoms with Crippen LogP contribution in [-0.4, -0.2) is 50.5 Å².